The molecule has 0 aliphatic carbocycles. The number of aliphatic imine (C=N–C) groups is 1. The molecule has 0 unspecified atom stereocenters. The molecule has 0 heterocycles. The van der Waals surface area contributed by atoms with E-state index in [-0.39, 0.29) is 5.82 Å². The third-order valence-electron chi connectivity index (χ3n) is 3.89. The summed E-state index contributed by atoms with van der Waals surface area (Å²) in [6.07, 6.45) is 0.749. The monoisotopic (exact) mass is 345 g/mol. The lowest BCUT2D eigenvalue weighted by Gasteiger charge is -2.10. The number of hydrogen-bond donors (Lipinski definition) is 2. The van der Waals surface area contributed by atoms with Crippen LogP contribution < -0.4 is 20.5 Å². The lowest BCUT2D eigenvalue weighted by molar-refractivity contribution is 0.354. The van der Waals surface area contributed by atoms with Gasteiger partial charge in [0.2, 0.25) is 0 Å². The highest BCUT2D eigenvalue weighted by Crippen LogP contribution is 2.27. The van der Waals surface area contributed by atoms with E-state index in [4.69, 9.17) is 15.2 Å². The molecular formula is C19H24FN3O2. The first kappa shape index (κ1) is 18.6. The van der Waals surface area contributed by atoms with E-state index in [0.29, 0.717) is 30.5 Å². The van der Waals surface area contributed by atoms with E-state index in [1.54, 1.807) is 20.3 Å². The van der Waals surface area contributed by atoms with Crippen LogP contribution in [0, 0.1) is 12.7 Å². The highest BCUT2D eigenvalue weighted by molar-refractivity contribution is 5.77. The van der Waals surface area contributed by atoms with Gasteiger partial charge in [-0.25, -0.2) is 9.38 Å². The fraction of sp³-hybridized carbons (Fsp3) is 0.316. The fourth-order valence-electron chi connectivity index (χ4n) is 2.48. The van der Waals surface area contributed by atoms with Crippen molar-refractivity contribution in [3.8, 4) is 11.5 Å². The number of aryl methyl sites for hydroxylation is 1. The molecule has 6 heteroatoms. The SMILES string of the molecule is COc1ccc(CN=C(N)NCCc2ccc(F)cc2C)cc1OC. The van der Waals surface area contributed by atoms with Crippen molar-refractivity contribution in [2.24, 2.45) is 10.7 Å². The minimum Gasteiger partial charge on any atom is -0.493 e. The van der Waals surface area contributed by atoms with Gasteiger partial charge in [-0.05, 0) is 54.3 Å². The van der Waals surface area contributed by atoms with Gasteiger partial charge in [0.1, 0.15) is 5.82 Å². The first-order chi connectivity index (χ1) is 12.0. The molecule has 0 aliphatic heterocycles. The van der Waals surface area contributed by atoms with Crippen LogP contribution in [0.4, 0.5) is 4.39 Å². The van der Waals surface area contributed by atoms with Crippen LogP contribution in [-0.2, 0) is 13.0 Å². The van der Waals surface area contributed by atoms with E-state index >= 15 is 0 Å². The average Bonchev–Trinajstić information content (AvgIpc) is 2.61. The molecule has 0 saturated heterocycles. The minimum atomic E-state index is -0.217. The van der Waals surface area contributed by atoms with Crippen LogP contribution in [0.15, 0.2) is 41.4 Å². The Balaban J connectivity index is 1.87. The van der Waals surface area contributed by atoms with Crippen LogP contribution in [-0.4, -0.2) is 26.7 Å². The predicted octanol–water partition coefficient (Wildman–Crippen LogP) is 2.80. The molecule has 5 nitrogen and oxygen atoms in total. The second kappa shape index (κ2) is 8.92. The molecule has 2 aromatic carbocycles. The quantitative estimate of drug-likeness (QED) is 0.598. The number of methoxy groups -OCH3 is 2. The van der Waals surface area contributed by atoms with E-state index in [1.807, 2.05) is 25.1 Å². The molecule has 0 aliphatic rings. The summed E-state index contributed by atoms with van der Waals surface area (Å²) >= 11 is 0. The van der Waals surface area contributed by atoms with Gasteiger partial charge >= 0.3 is 0 Å². The number of benzene rings is 2. The molecule has 0 saturated carbocycles. The molecule has 2 aromatic rings. The lowest BCUT2D eigenvalue weighted by atomic mass is 10.1. The van der Waals surface area contributed by atoms with Gasteiger partial charge in [0.25, 0.3) is 0 Å². The third kappa shape index (κ3) is 5.38. The van der Waals surface area contributed by atoms with E-state index in [2.05, 4.69) is 10.3 Å². The third-order valence-corrected chi connectivity index (χ3v) is 3.89. The first-order valence-corrected chi connectivity index (χ1v) is 8.03. The number of guanidine groups is 1. The van der Waals surface area contributed by atoms with Crippen molar-refractivity contribution in [1.29, 1.82) is 0 Å². The van der Waals surface area contributed by atoms with Gasteiger partial charge in [-0.15, -0.1) is 0 Å². The zero-order valence-electron chi connectivity index (χ0n) is 14.8. The largest absolute Gasteiger partial charge is 0.493 e. The van der Waals surface area contributed by atoms with Crippen molar-refractivity contribution in [1.82, 2.24) is 5.32 Å². The zero-order valence-corrected chi connectivity index (χ0v) is 14.8. The molecule has 0 bridgehead atoms. The smallest absolute Gasteiger partial charge is 0.188 e. The van der Waals surface area contributed by atoms with E-state index in [1.165, 1.54) is 12.1 Å². The van der Waals surface area contributed by atoms with Crippen LogP contribution >= 0.6 is 0 Å². The Hall–Kier alpha value is -2.76. The standard InChI is InChI=1S/C19H24FN3O2/c1-13-10-16(20)6-5-15(13)8-9-22-19(21)23-12-14-4-7-17(24-2)18(11-14)25-3/h4-7,10-11H,8-9,12H2,1-3H3,(H3,21,22,23). The van der Waals surface area contributed by atoms with Crippen LogP contribution in [0.3, 0.4) is 0 Å². The second-order valence-electron chi connectivity index (χ2n) is 5.64. The average molecular weight is 345 g/mol. The van der Waals surface area contributed by atoms with Gasteiger partial charge < -0.3 is 20.5 Å². The minimum absolute atomic E-state index is 0.217. The Morgan fingerprint density at radius 3 is 2.56 bits per heavy atom. The molecule has 0 atom stereocenters. The number of hydrogen-bond acceptors (Lipinski definition) is 3. The molecule has 0 spiro atoms. The fourth-order valence-corrected chi connectivity index (χ4v) is 2.48. The second-order valence-corrected chi connectivity index (χ2v) is 5.64. The molecule has 134 valence electrons. The number of rotatable bonds is 7. The van der Waals surface area contributed by atoms with Gasteiger partial charge in [-0.2, -0.15) is 0 Å². The summed E-state index contributed by atoms with van der Waals surface area (Å²) in [7, 11) is 3.19. The van der Waals surface area contributed by atoms with Crippen molar-refractivity contribution in [3.05, 3.63) is 58.9 Å². The number of ether oxygens (including phenoxy) is 2. The summed E-state index contributed by atoms with van der Waals surface area (Å²) in [6.45, 7) is 2.97. The summed E-state index contributed by atoms with van der Waals surface area (Å²) < 4.78 is 23.6. The topological polar surface area (TPSA) is 68.9 Å². The molecule has 3 N–H and O–H groups in total. The maximum Gasteiger partial charge on any atom is 0.188 e. The van der Waals surface area contributed by atoms with Gasteiger partial charge in [0, 0.05) is 6.54 Å². The Bertz CT molecular complexity index is 747. The lowest BCUT2D eigenvalue weighted by Crippen LogP contribution is -2.33. The maximum atomic E-state index is 13.1. The first-order valence-electron chi connectivity index (χ1n) is 8.03. The van der Waals surface area contributed by atoms with Crippen molar-refractivity contribution in [3.63, 3.8) is 0 Å². The van der Waals surface area contributed by atoms with Crippen LogP contribution in [0.25, 0.3) is 0 Å². The Morgan fingerprint density at radius 1 is 1.12 bits per heavy atom. The summed E-state index contributed by atoms with van der Waals surface area (Å²) in [5, 5.41) is 3.07. The van der Waals surface area contributed by atoms with E-state index < -0.39 is 0 Å². The zero-order chi connectivity index (χ0) is 18.2. The normalized spacial score (nSPS) is 11.3. The van der Waals surface area contributed by atoms with Crippen LogP contribution in [0.1, 0.15) is 16.7 Å². The van der Waals surface area contributed by atoms with Gasteiger partial charge in [0.15, 0.2) is 17.5 Å². The summed E-state index contributed by atoms with van der Waals surface area (Å²) in [6, 6.07) is 10.4. The Labute approximate surface area is 147 Å². The van der Waals surface area contributed by atoms with Crippen molar-refractivity contribution in [2.45, 2.75) is 19.9 Å². The summed E-state index contributed by atoms with van der Waals surface area (Å²) in [5.41, 5.74) is 8.88. The molecule has 0 fully saturated rings. The van der Waals surface area contributed by atoms with Gasteiger partial charge in [0.05, 0.1) is 20.8 Å². The maximum absolute atomic E-state index is 13.1. The molecule has 2 rings (SSSR count). The van der Waals surface area contributed by atoms with Gasteiger partial charge in [-0.3, -0.25) is 0 Å². The van der Waals surface area contributed by atoms with E-state index in [9.17, 15) is 4.39 Å². The highest BCUT2D eigenvalue weighted by Gasteiger charge is 2.04. The van der Waals surface area contributed by atoms with Gasteiger partial charge in [-0.1, -0.05) is 12.1 Å². The molecule has 0 aromatic heterocycles. The van der Waals surface area contributed by atoms with Crippen molar-refractivity contribution in [2.75, 3.05) is 20.8 Å². The molecule has 0 radical (unpaired) electrons. The number of nitrogens with zero attached hydrogens (tertiary/aromatic N) is 1. The molecule has 25 heavy (non-hydrogen) atoms. The predicted molar refractivity (Wildman–Crippen MR) is 97.7 cm³/mol. The Morgan fingerprint density at radius 2 is 1.88 bits per heavy atom. The number of nitrogens with two attached hydrogens (primary N) is 1. The highest BCUT2D eigenvalue weighted by atomic mass is 19.1. The summed E-state index contributed by atoms with van der Waals surface area (Å²) in [4.78, 5) is 4.32. The Kier molecular flexibility index (Phi) is 6.62. The molecular weight excluding hydrogens is 321 g/mol. The summed E-state index contributed by atoms with van der Waals surface area (Å²) in [5.74, 6) is 1.49. The molecule has 0 amide bonds. The van der Waals surface area contributed by atoms with Crippen LogP contribution in [0.5, 0.6) is 11.5 Å². The van der Waals surface area contributed by atoms with Crippen molar-refractivity contribution >= 4 is 5.96 Å². The van der Waals surface area contributed by atoms with Crippen LogP contribution in [0.2, 0.25) is 0 Å². The number of nitrogens with one attached hydrogen (secondary N) is 1. The van der Waals surface area contributed by atoms with E-state index in [0.717, 1.165) is 23.1 Å². The number of halogens is 1. The van der Waals surface area contributed by atoms with Crippen molar-refractivity contribution < 1.29 is 13.9 Å².